The van der Waals surface area contributed by atoms with Crippen molar-refractivity contribution in [3.63, 3.8) is 0 Å². The van der Waals surface area contributed by atoms with Gasteiger partial charge < -0.3 is 4.74 Å². The van der Waals surface area contributed by atoms with Gasteiger partial charge in [-0.3, -0.25) is 4.72 Å². The van der Waals surface area contributed by atoms with E-state index in [1.807, 2.05) is 26.0 Å². The summed E-state index contributed by atoms with van der Waals surface area (Å²) < 4.78 is 32.3. The first-order valence-electron chi connectivity index (χ1n) is 6.33. The van der Waals surface area contributed by atoms with Crippen molar-refractivity contribution in [1.82, 2.24) is 0 Å². The third-order valence-corrected chi connectivity index (χ3v) is 4.11. The van der Waals surface area contributed by atoms with E-state index in [-0.39, 0.29) is 4.90 Å². The van der Waals surface area contributed by atoms with E-state index in [0.29, 0.717) is 18.0 Å². The molecular formula is C15H17NO3S. The van der Waals surface area contributed by atoms with Gasteiger partial charge in [-0.1, -0.05) is 12.1 Å². The number of sulfonamides is 1. The lowest BCUT2D eigenvalue weighted by Crippen LogP contribution is -2.12. The van der Waals surface area contributed by atoms with Gasteiger partial charge >= 0.3 is 0 Å². The van der Waals surface area contributed by atoms with Crippen molar-refractivity contribution in [3.8, 4) is 5.75 Å². The van der Waals surface area contributed by atoms with Crippen molar-refractivity contribution < 1.29 is 13.2 Å². The van der Waals surface area contributed by atoms with Gasteiger partial charge in [-0.15, -0.1) is 0 Å². The van der Waals surface area contributed by atoms with Crippen LogP contribution >= 0.6 is 0 Å². The van der Waals surface area contributed by atoms with Crippen LogP contribution in [0.5, 0.6) is 5.75 Å². The summed E-state index contributed by atoms with van der Waals surface area (Å²) in [7, 11) is -3.57. The van der Waals surface area contributed by atoms with E-state index in [0.717, 1.165) is 5.56 Å². The average Bonchev–Trinajstić information content (AvgIpc) is 2.39. The van der Waals surface area contributed by atoms with Crippen LogP contribution in [0.1, 0.15) is 12.5 Å². The van der Waals surface area contributed by atoms with E-state index in [4.69, 9.17) is 4.74 Å². The molecule has 0 heterocycles. The van der Waals surface area contributed by atoms with Crippen molar-refractivity contribution in [1.29, 1.82) is 0 Å². The first-order valence-corrected chi connectivity index (χ1v) is 7.82. The molecule has 20 heavy (non-hydrogen) atoms. The van der Waals surface area contributed by atoms with E-state index < -0.39 is 10.0 Å². The van der Waals surface area contributed by atoms with E-state index in [1.54, 1.807) is 24.3 Å². The van der Waals surface area contributed by atoms with Crippen molar-refractivity contribution >= 4 is 15.7 Å². The van der Waals surface area contributed by atoms with Crippen LogP contribution in [0.15, 0.2) is 53.4 Å². The Morgan fingerprint density at radius 1 is 1.10 bits per heavy atom. The molecule has 2 rings (SSSR count). The highest BCUT2D eigenvalue weighted by Crippen LogP contribution is 2.19. The highest BCUT2D eigenvalue weighted by Gasteiger charge is 2.14. The van der Waals surface area contributed by atoms with E-state index in [9.17, 15) is 8.42 Å². The molecule has 0 aliphatic rings. The molecule has 0 aliphatic carbocycles. The molecule has 0 aliphatic heterocycles. The molecular weight excluding hydrogens is 274 g/mol. The van der Waals surface area contributed by atoms with Crippen LogP contribution in [-0.2, 0) is 10.0 Å². The Balaban J connectivity index is 2.21. The third-order valence-electron chi connectivity index (χ3n) is 2.72. The minimum Gasteiger partial charge on any atom is -0.494 e. The Hall–Kier alpha value is -2.01. The smallest absolute Gasteiger partial charge is 0.261 e. The van der Waals surface area contributed by atoms with Crippen LogP contribution < -0.4 is 9.46 Å². The van der Waals surface area contributed by atoms with Crippen LogP contribution in [0.4, 0.5) is 5.69 Å². The zero-order valence-corrected chi connectivity index (χ0v) is 12.3. The van der Waals surface area contributed by atoms with Gasteiger partial charge in [-0.2, -0.15) is 0 Å². The quantitative estimate of drug-likeness (QED) is 0.920. The maximum Gasteiger partial charge on any atom is 0.261 e. The summed E-state index contributed by atoms with van der Waals surface area (Å²) in [5.41, 5.74) is 1.55. The SMILES string of the molecule is CCOc1ccc(S(=O)(=O)Nc2cccc(C)c2)cc1. The van der Waals surface area contributed by atoms with Gasteiger partial charge in [-0.05, 0) is 55.8 Å². The average molecular weight is 291 g/mol. The van der Waals surface area contributed by atoms with E-state index in [2.05, 4.69) is 4.72 Å². The van der Waals surface area contributed by atoms with E-state index in [1.165, 1.54) is 12.1 Å². The number of aryl methyl sites for hydroxylation is 1. The standard InChI is InChI=1S/C15H17NO3S/c1-3-19-14-7-9-15(10-8-14)20(17,18)16-13-6-4-5-12(2)11-13/h4-11,16H,3H2,1-2H3. The van der Waals surface area contributed by atoms with Crippen LogP contribution in [0, 0.1) is 6.92 Å². The molecule has 2 aromatic rings. The molecule has 0 spiro atoms. The zero-order valence-electron chi connectivity index (χ0n) is 11.5. The van der Waals surface area contributed by atoms with E-state index >= 15 is 0 Å². The number of ether oxygens (including phenoxy) is 1. The Morgan fingerprint density at radius 2 is 1.80 bits per heavy atom. The van der Waals surface area contributed by atoms with Crippen molar-refractivity contribution in [2.45, 2.75) is 18.7 Å². The molecule has 0 saturated carbocycles. The van der Waals surface area contributed by atoms with Crippen LogP contribution in [0.2, 0.25) is 0 Å². The molecule has 106 valence electrons. The molecule has 1 N–H and O–H groups in total. The lowest BCUT2D eigenvalue weighted by molar-refractivity contribution is 0.340. The normalized spacial score (nSPS) is 11.1. The molecule has 0 fully saturated rings. The number of anilines is 1. The topological polar surface area (TPSA) is 55.4 Å². The van der Waals surface area contributed by atoms with Gasteiger partial charge in [0.2, 0.25) is 0 Å². The van der Waals surface area contributed by atoms with Crippen molar-refractivity contribution in [2.75, 3.05) is 11.3 Å². The third kappa shape index (κ3) is 3.51. The Kier molecular flexibility index (Phi) is 4.29. The second-order valence-corrected chi connectivity index (χ2v) is 6.06. The molecule has 0 amide bonds. The summed E-state index contributed by atoms with van der Waals surface area (Å²) >= 11 is 0. The first kappa shape index (κ1) is 14.4. The highest BCUT2D eigenvalue weighted by atomic mass is 32.2. The Morgan fingerprint density at radius 3 is 2.40 bits per heavy atom. The maximum absolute atomic E-state index is 12.2. The summed E-state index contributed by atoms with van der Waals surface area (Å²) in [6, 6.07) is 13.6. The van der Waals surface area contributed by atoms with Crippen molar-refractivity contribution in [3.05, 3.63) is 54.1 Å². The molecule has 0 saturated heterocycles. The number of rotatable bonds is 5. The molecule has 0 bridgehead atoms. The lowest BCUT2D eigenvalue weighted by atomic mass is 10.2. The summed E-state index contributed by atoms with van der Waals surface area (Å²) in [6.45, 7) is 4.34. The Bertz CT molecular complexity index is 679. The molecule has 0 radical (unpaired) electrons. The van der Waals surface area contributed by atoms with Gasteiger partial charge in [0, 0.05) is 5.69 Å². The predicted molar refractivity (Wildman–Crippen MR) is 79.6 cm³/mol. The lowest BCUT2D eigenvalue weighted by Gasteiger charge is -2.09. The monoisotopic (exact) mass is 291 g/mol. The summed E-state index contributed by atoms with van der Waals surface area (Å²) in [6.07, 6.45) is 0. The molecule has 0 aromatic heterocycles. The fourth-order valence-corrected chi connectivity index (χ4v) is 2.85. The first-order chi connectivity index (χ1) is 9.51. The molecule has 0 unspecified atom stereocenters. The number of hydrogen-bond acceptors (Lipinski definition) is 3. The van der Waals surface area contributed by atoms with Gasteiger partial charge in [0.25, 0.3) is 10.0 Å². The van der Waals surface area contributed by atoms with Crippen LogP contribution in [-0.4, -0.2) is 15.0 Å². The Labute approximate surface area is 119 Å². The van der Waals surface area contributed by atoms with Gasteiger partial charge in [-0.25, -0.2) is 8.42 Å². The molecule has 2 aromatic carbocycles. The van der Waals surface area contributed by atoms with Crippen LogP contribution in [0.25, 0.3) is 0 Å². The van der Waals surface area contributed by atoms with Gasteiger partial charge in [0.15, 0.2) is 0 Å². The molecule has 0 atom stereocenters. The summed E-state index contributed by atoms with van der Waals surface area (Å²) in [5, 5.41) is 0. The minimum atomic E-state index is -3.57. The fourth-order valence-electron chi connectivity index (χ4n) is 1.80. The molecule has 5 heteroatoms. The zero-order chi connectivity index (χ0) is 14.6. The minimum absolute atomic E-state index is 0.211. The largest absolute Gasteiger partial charge is 0.494 e. The number of hydrogen-bond donors (Lipinski definition) is 1. The number of nitrogens with one attached hydrogen (secondary N) is 1. The van der Waals surface area contributed by atoms with Crippen molar-refractivity contribution in [2.24, 2.45) is 0 Å². The highest BCUT2D eigenvalue weighted by molar-refractivity contribution is 7.92. The summed E-state index contributed by atoms with van der Waals surface area (Å²) in [5.74, 6) is 0.655. The predicted octanol–water partition coefficient (Wildman–Crippen LogP) is 3.19. The van der Waals surface area contributed by atoms with Gasteiger partial charge in [0.1, 0.15) is 5.75 Å². The second kappa shape index (κ2) is 5.96. The second-order valence-electron chi connectivity index (χ2n) is 4.38. The van der Waals surface area contributed by atoms with Crippen LogP contribution in [0.3, 0.4) is 0 Å². The maximum atomic E-state index is 12.2. The summed E-state index contributed by atoms with van der Waals surface area (Å²) in [4.78, 5) is 0.211. The number of benzene rings is 2. The van der Waals surface area contributed by atoms with Gasteiger partial charge in [0.05, 0.1) is 11.5 Å². The fraction of sp³-hybridized carbons (Fsp3) is 0.200. The molecule has 4 nitrogen and oxygen atoms in total.